The Labute approximate surface area is 112 Å². The summed E-state index contributed by atoms with van der Waals surface area (Å²) >= 11 is 0. The third-order valence-corrected chi connectivity index (χ3v) is 3.94. The van der Waals surface area contributed by atoms with Crippen LogP contribution < -0.4 is 4.90 Å². The van der Waals surface area contributed by atoms with E-state index >= 15 is 0 Å². The Kier molecular flexibility index (Phi) is 2.85. The molecule has 0 saturated carbocycles. The summed E-state index contributed by atoms with van der Waals surface area (Å²) < 4.78 is 0. The van der Waals surface area contributed by atoms with Crippen molar-refractivity contribution in [3.8, 4) is 0 Å². The third kappa shape index (κ3) is 1.84. The number of rotatable bonds is 2. The molecule has 2 heterocycles. The monoisotopic (exact) mass is 256 g/mol. The van der Waals surface area contributed by atoms with Crippen LogP contribution in [0.5, 0.6) is 0 Å². The van der Waals surface area contributed by atoms with Gasteiger partial charge in [0.15, 0.2) is 0 Å². The minimum Gasteiger partial charge on any atom is -0.378 e. The van der Waals surface area contributed by atoms with E-state index in [1.54, 1.807) is 17.0 Å². The fourth-order valence-electron chi connectivity index (χ4n) is 2.90. The van der Waals surface area contributed by atoms with Crippen LogP contribution in [0.2, 0.25) is 0 Å². The molecule has 0 atom stereocenters. The molecule has 1 saturated heterocycles. The number of hydrogen-bond donors (Lipinski definition) is 0. The Hall–Kier alpha value is -2.10. The zero-order chi connectivity index (χ0) is 13.4. The van der Waals surface area contributed by atoms with Gasteiger partial charge in [0.25, 0.3) is 11.7 Å². The predicted molar refractivity (Wildman–Crippen MR) is 73.1 cm³/mol. The van der Waals surface area contributed by atoms with Crippen molar-refractivity contribution < 1.29 is 9.59 Å². The molecule has 0 unspecified atom stereocenters. The zero-order valence-corrected chi connectivity index (χ0v) is 10.7. The zero-order valence-electron chi connectivity index (χ0n) is 10.7. The molecule has 0 bridgehead atoms. The molecule has 0 radical (unpaired) electrons. The van der Waals surface area contributed by atoms with Gasteiger partial charge in [0.05, 0.1) is 11.3 Å². The van der Waals surface area contributed by atoms with Crippen LogP contribution in [0.3, 0.4) is 0 Å². The number of piperidine rings is 1. The molecule has 0 aromatic heterocycles. The van der Waals surface area contributed by atoms with Crippen LogP contribution >= 0.6 is 0 Å². The molecule has 2 aliphatic rings. The molecule has 0 aliphatic carbocycles. The highest BCUT2D eigenvalue weighted by molar-refractivity contribution is 6.52. The molecule has 0 N–H and O–H groups in total. The molecule has 2 aliphatic heterocycles. The van der Waals surface area contributed by atoms with Crippen LogP contribution in [0.4, 0.5) is 5.69 Å². The van der Waals surface area contributed by atoms with Crippen molar-refractivity contribution in [3.63, 3.8) is 0 Å². The average Bonchev–Trinajstić information content (AvgIpc) is 2.72. The van der Waals surface area contributed by atoms with Gasteiger partial charge in [-0.05, 0) is 31.2 Å². The van der Waals surface area contributed by atoms with E-state index in [0.717, 1.165) is 31.6 Å². The van der Waals surface area contributed by atoms with Crippen molar-refractivity contribution in [3.05, 3.63) is 42.6 Å². The van der Waals surface area contributed by atoms with Gasteiger partial charge in [-0.3, -0.25) is 9.59 Å². The number of amides is 1. The van der Waals surface area contributed by atoms with E-state index in [0.29, 0.717) is 5.56 Å². The lowest BCUT2D eigenvalue weighted by Gasteiger charge is -2.36. The first-order valence-corrected chi connectivity index (χ1v) is 6.56. The van der Waals surface area contributed by atoms with E-state index < -0.39 is 0 Å². The number of benzene rings is 1. The molecule has 1 fully saturated rings. The third-order valence-electron chi connectivity index (χ3n) is 3.94. The van der Waals surface area contributed by atoms with E-state index in [1.807, 2.05) is 18.3 Å². The number of fused-ring (bicyclic) bond motifs is 1. The molecule has 1 amide bonds. The Bertz CT molecular complexity index is 545. The SMILES string of the molecule is C=CN1CCC(N2C(=O)C(=O)c3ccccc32)CC1. The van der Waals surface area contributed by atoms with Gasteiger partial charge in [-0.1, -0.05) is 18.7 Å². The van der Waals surface area contributed by atoms with Gasteiger partial charge in [-0.15, -0.1) is 0 Å². The summed E-state index contributed by atoms with van der Waals surface area (Å²) in [6, 6.07) is 7.38. The second-order valence-corrected chi connectivity index (χ2v) is 4.97. The van der Waals surface area contributed by atoms with Gasteiger partial charge in [0, 0.05) is 19.1 Å². The Balaban J connectivity index is 1.88. The number of para-hydroxylation sites is 1. The van der Waals surface area contributed by atoms with Crippen LogP contribution in [-0.2, 0) is 4.79 Å². The summed E-state index contributed by atoms with van der Waals surface area (Å²) in [7, 11) is 0. The van der Waals surface area contributed by atoms with Crippen LogP contribution in [0.15, 0.2) is 37.0 Å². The molecule has 4 heteroatoms. The van der Waals surface area contributed by atoms with Crippen molar-refractivity contribution in [2.45, 2.75) is 18.9 Å². The smallest absolute Gasteiger partial charge is 0.299 e. The van der Waals surface area contributed by atoms with Crippen molar-refractivity contribution >= 4 is 17.4 Å². The maximum absolute atomic E-state index is 12.2. The summed E-state index contributed by atoms with van der Waals surface area (Å²) in [6.07, 6.45) is 3.58. The van der Waals surface area contributed by atoms with Gasteiger partial charge in [-0.25, -0.2) is 0 Å². The van der Waals surface area contributed by atoms with Crippen molar-refractivity contribution in [2.24, 2.45) is 0 Å². The van der Waals surface area contributed by atoms with Gasteiger partial charge < -0.3 is 9.80 Å². The molecule has 0 spiro atoms. The minimum absolute atomic E-state index is 0.122. The Morgan fingerprint density at radius 2 is 1.84 bits per heavy atom. The number of anilines is 1. The molecule has 1 aromatic carbocycles. The van der Waals surface area contributed by atoms with E-state index in [9.17, 15) is 9.59 Å². The van der Waals surface area contributed by atoms with Crippen molar-refractivity contribution in [1.29, 1.82) is 0 Å². The number of carbonyl (C=O) groups is 2. The first-order chi connectivity index (χ1) is 9.22. The number of ketones is 1. The van der Waals surface area contributed by atoms with Crippen LogP contribution in [0.1, 0.15) is 23.2 Å². The molecule has 4 nitrogen and oxygen atoms in total. The van der Waals surface area contributed by atoms with Gasteiger partial charge in [0.1, 0.15) is 0 Å². The summed E-state index contributed by atoms with van der Waals surface area (Å²) in [4.78, 5) is 27.9. The largest absolute Gasteiger partial charge is 0.378 e. The van der Waals surface area contributed by atoms with Crippen LogP contribution in [0, 0.1) is 0 Å². The van der Waals surface area contributed by atoms with E-state index in [1.165, 1.54) is 0 Å². The lowest BCUT2D eigenvalue weighted by atomic mass is 10.0. The molecule has 19 heavy (non-hydrogen) atoms. The van der Waals surface area contributed by atoms with Crippen molar-refractivity contribution in [2.75, 3.05) is 18.0 Å². The highest BCUT2D eigenvalue weighted by atomic mass is 16.2. The fraction of sp³-hybridized carbons (Fsp3) is 0.333. The normalized spacial score (nSPS) is 19.8. The Morgan fingerprint density at radius 3 is 2.53 bits per heavy atom. The average molecular weight is 256 g/mol. The number of nitrogens with zero attached hydrogens (tertiary/aromatic N) is 2. The molecule has 98 valence electrons. The maximum atomic E-state index is 12.2. The second kappa shape index (κ2) is 4.53. The molecular formula is C15H16N2O2. The highest BCUT2D eigenvalue weighted by Gasteiger charge is 2.40. The topological polar surface area (TPSA) is 40.6 Å². The van der Waals surface area contributed by atoms with E-state index in [2.05, 4.69) is 11.5 Å². The van der Waals surface area contributed by atoms with Crippen LogP contribution in [-0.4, -0.2) is 35.7 Å². The lowest BCUT2D eigenvalue weighted by Crippen LogP contribution is -2.45. The van der Waals surface area contributed by atoms with Gasteiger partial charge in [0.2, 0.25) is 0 Å². The van der Waals surface area contributed by atoms with Crippen molar-refractivity contribution in [1.82, 2.24) is 4.90 Å². The summed E-state index contributed by atoms with van der Waals surface area (Å²) in [5.74, 6) is -0.750. The minimum atomic E-state index is -0.377. The number of Topliss-reactive ketones (excluding diaryl/α,β-unsaturated/α-hetero) is 1. The summed E-state index contributed by atoms with van der Waals surface area (Å²) in [5.41, 5.74) is 1.31. The Morgan fingerprint density at radius 1 is 1.16 bits per heavy atom. The van der Waals surface area contributed by atoms with E-state index in [4.69, 9.17) is 0 Å². The first-order valence-electron chi connectivity index (χ1n) is 6.56. The number of likely N-dealkylation sites (tertiary alicyclic amines) is 1. The number of hydrogen-bond acceptors (Lipinski definition) is 3. The quantitative estimate of drug-likeness (QED) is 0.758. The highest BCUT2D eigenvalue weighted by Crippen LogP contribution is 2.33. The molecule has 3 rings (SSSR count). The maximum Gasteiger partial charge on any atom is 0.299 e. The lowest BCUT2D eigenvalue weighted by molar-refractivity contribution is -0.114. The summed E-state index contributed by atoms with van der Waals surface area (Å²) in [5, 5.41) is 0. The molecule has 1 aromatic rings. The summed E-state index contributed by atoms with van der Waals surface area (Å²) in [6.45, 7) is 5.53. The predicted octanol–water partition coefficient (Wildman–Crippen LogP) is 1.82. The fourth-order valence-corrected chi connectivity index (χ4v) is 2.90. The molecular weight excluding hydrogens is 240 g/mol. The second-order valence-electron chi connectivity index (χ2n) is 4.97. The van der Waals surface area contributed by atoms with Gasteiger partial charge in [-0.2, -0.15) is 0 Å². The van der Waals surface area contributed by atoms with E-state index in [-0.39, 0.29) is 17.7 Å². The first kappa shape index (κ1) is 12.0. The van der Waals surface area contributed by atoms with Crippen LogP contribution in [0.25, 0.3) is 0 Å². The number of carbonyl (C=O) groups excluding carboxylic acids is 2. The van der Waals surface area contributed by atoms with Gasteiger partial charge >= 0.3 is 0 Å². The standard InChI is InChI=1S/C15H16N2O2/c1-2-16-9-7-11(8-10-16)17-13-6-4-3-5-12(13)14(18)15(17)19/h2-6,11H,1,7-10H2.